The van der Waals surface area contributed by atoms with Gasteiger partial charge in [-0.15, -0.1) is 0 Å². The summed E-state index contributed by atoms with van der Waals surface area (Å²) in [4.78, 5) is 33.5. The van der Waals surface area contributed by atoms with Crippen LogP contribution in [0.25, 0.3) is 0 Å². The van der Waals surface area contributed by atoms with E-state index >= 15 is 0 Å². The van der Waals surface area contributed by atoms with Crippen LogP contribution >= 0.6 is 11.6 Å². The number of rotatable bonds is 7. The first-order chi connectivity index (χ1) is 13.6. The lowest BCUT2D eigenvalue weighted by molar-refractivity contribution is -0.385. The predicted octanol–water partition coefficient (Wildman–Crippen LogP) is 2.40. The Bertz CT molecular complexity index is 1070. The van der Waals surface area contributed by atoms with Gasteiger partial charge in [-0.05, 0) is 24.3 Å². The van der Waals surface area contributed by atoms with Gasteiger partial charge in [-0.25, -0.2) is 13.2 Å². The number of esters is 2. The molecule has 154 valence electrons. The number of hydrogen-bond acceptors (Lipinski definition) is 8. The first-order valence-corrected chi connectivity index (χ1v) is 9.65. The highest BCUT2D eigenvalue weighted by Crippen LogP contribution is 2.29. The molecule has 0 saturated heterocycles. The van der Waals surface area contributed by atoms with E-state index in [0.29, 0.717) is 4.31 Å². The fraction of sp³-hybridized carbons (Fsp3) is 0.176. The van der Waals surface area contributed by atoms with Gasteiger partial charge in [-0.3, -0.25) is 19.2 Å². The molecule has 10 nitrogen and oxygen atoms in total. The standard InChI is InChI=1S/C17H15ClN2O8S/c1-27-16(21)10-19(11-6-7-15(18)14(9-11)17(22)28-2)29(25,26)13-5-3-4-12(8-13)20(23)24/h3-9H,10H2,1-2H3. The monoisotopic (exact) mass is 442 g/mol. The van der Waals surface area contributed by atoms with Crippen molar-refractivity contribution in [1.29, 1.82) is 0 Å². The van der Waals surface area contributed by atoms with Crippen molar-refractivity contribution in [3.63, 3.8) is 0 Å². The molecule has 0 radical (unpaired) electrons. The van der Waals surface area contributed by atoms with Crippen LogP contribution in [0.2, 0.25) is 5.02 Å². The second-order valence-corrected chi connectivity index (χ2v) is 7.77. The highest BCUT2D eigenvalue weighted by Gasteiger charge is 2.30. The van der Waals surface area contributed by atoms with Crippen molar-refractivity contribution in [2.75, 3.05) is 25.1 Å². The van der Waals surface area contributed by atoms with Gasteiger partial charge in [0.05, 0.1) is 40.3 Å². The van der Waals surface area contributed by atoms with Gasteiger partial charge < -0.3 is 9.47 Å². The Hall–Kier alpha value is -3.18. The lowest BCUT2D eigenvalue weighted by Gasteiger charge is -2.24. The van der Waals surface area contributed by atoms with Crippen LogP contribution in [0.1, 0.15) is 10.4 Å². The number of methoxy groups -OCH3 is 2. The van der Waals surface area contributed by atoms with Gasteiger partial charge in [0, 0.05) is 12.1 Å². The van der Waals surface area contributed by atoms with Crippen LogP contribution in [0.15, 0.2) is 47.4 Å². The number of nitro benzene ring substituents is 1. The fourth-order valence-corrected chi connectivity index (χ4v) is 3.95. The maximum Gasteiger partial charge on any atom is 0.339 e. The van der Waals surface area contributed by atoms with Crippen LogP contribution in [0.4, 0.5) is 11.4 Å². The number of carbonyl (C=O) groups is 2. The maximum absolute atomic E-state index is 13.1. The average Bonchev–Trinajstić information content (AvgIpc) is 2.71. The number of carbonyl (C=O) groups excluding carboxylic acids is 2. The summed E-state index contributed by atoms with van der Waals surface area (Å²) in [5, 5.41) is 11.0. The minimum Gasteiger partial charge on any atom is -0.468 e. The zero-order valence-electron chi connectivity index (χ0n) is 15.2. The molecule has 12 heteroatoms. The molecule has 0 bridgehead atoms. The minimum absolute atomic E-state index is 0.00589. The third-order valence-corrected chi connectivity index (χ3v) is 5.86. The molecule has 2 aromatic carbocycles. The number of anilines is 1. The summed E-state index contributed by atoms with van der Waals surface area (Å²) < 4.78 is 36.1. The smallest absolute Gasteiger partial charge is 0.339 e. The molecule has 0 spiro atoms. The van der Waals surface area contributed by atoms with Crippen molar-refractivity contribution < 1.29 is 32.4 Å². The third kappa shape index (κ3) is 4.81. The number of nitro groups is 1. The van der Waals surface area contributed by atoms with Crippen LogP contribution in [0.3, 0.4) is 0 Å². The molecular weight excluding hydrogens is 428 g/mol. The molecule has 0 unspecified atom stereocenters. The minimum atomic E-state index is -4.44. The Kier molecular flexibility index (Phi) is 6.77. The van der Waals surface area contributed by atoms with E-state index in [2.05, 4.69) is 9.47 Å². The summed E-state index contributed by atoms with van der Waals surface area (Å²) in [7, 11) is -2.25. The number of nitrogens with zero attached hydrogens (tertiary/aromatic N) is 2. The molecule has 0 atom stereocenters. The Morgan fingerprint density at radius 2 is 1.83 bits per heavy atom. The topological polar surface area (TPSA) is 133 Å². The highest BCUT2D eigenvalue weighted by atomic mass is 35.5. The quantitative estimate of drug-likeness (QED) is 0.362. The Morgan fingerprint density at radius 1 is 1.14 bits per heavy atom. The van der Waals surface area contributed by atoms with Crippen molar-refractivity contribution in [2.45, 2.75) is 4.90 Å². The molecule has 2 rings (SSSR count). The average molecular weight is 443 g/mol. The van der Waals surface area contributed by atoms with Gasteiger partial charge in [0.1, 0.15) is 6.54 Å². The van der Waals surface area contributed by atoms with Crippen molar-refractivity contribution in [1.82, 2.24) is 0 Å². The third-order valence-electron chi connectivity index (χ3n) is 3.76. The fourth-order valence-electron chi connectivity index (χ4n) is 2.32. The second kappa shape index (κ2) is 8.88. The van der Waals surface area contributed by atoms with E-state index in [1.165, 1.54) is 18.2 Å². The van der Waals surface area contributed by atoms with Crippen molar-refractivity contribution in [3.8, 4) is 0 Å². The molecule has 0 aliphatic rings. The van der Waals surface area contributed by atoms with Crippen LogP contribution < -0.4 is 4.31 Å². The maximum atomic E-state index is 13.1. The molecule has 2 aromatic rings. The molecular formula is C17H15ClN2O8S. The summed E-state index contributed by atoms with van der Waals surface area (Å²) in [5.41, 5.74) is -0.669. The van der Waals surface area contributed by atoms with E-state index in [1.54, 1.807) is 0 Å². The van der Waals surface area contributed by atoms with Crippen LogP contribution in [0.5, 0.6) is 0 Å². The van der Waals surface area contributed by atoms with Crippen molar-refractivity contribution in [3.05, 3.63) is 63.2 Å². The molecule has 0 fully saturated rings. The summed E-state index contributed by atoms with van der Waals surface area (Å²) in [6.07, 6.45) is 0. The predicted molar refractivity (Wildman–Crippen MR) is 102 cm³/mol. The van der Waals surface area contributed by atoms with E-state index in [9.17, 15) is 28.1 Å². The molecule has 0 aliphatic carbocycles. The lowest BCUT2D eigenvalue weighted by atomic mass is 10.2. The first-order valence-electron chi connectivity index (χ1n) is 7.83. The van der Waals surface area contributed by atoms with Crippen LogP contribution in [0, 0.1) is 10.1 Å². The number of halogens is 1. The van der Waals surface area contributed by atoms with Gasteiger partial charge in [-0.2, -0.15) is 0 Å². The lowest BCUT2D eigenvalue weighted by Crippen LogP contribution is -2.36. The molecule has 29 heavy (non-hydrogen) atoms. The van der Waals surface area contributed by atoms with Crippen molar-refractivity contribution >= 4 is 44.9 Å². The summed E-state index contributed by atoms with van der Waals surface area (Å²) in [5.74, 6) is -1.71. The molecule has 0 heterocycles. The number of benzene rings is 2. The highest BCUT2D eigenvalue weighted by molar-refractivity contribution is 7.92. The van der Waals surface area contributed by atoms with Crippen LogP contribution in [-0.4, -0.2) is 46.0 Å². The Morgan fingerprint density at radius 3 is 2.41 bits per heavy atom. The molecule has 0 aromatic heterocycles. The largest absolute Gasteiger partial charge is 0.468 e. The van der Waals surface area contributed by atoms with E-state index in [1.807, 2.05) is 0 Å². The van der Waals surface area contributed by atoms with Crippen LogP contribution in [-0.2, 0) is 24.3 Å². The normalized spacial score (nSPS) is 10.9. The summed E-state index contributed by atoms with van der Waals surface area (Å²) in [6, 6.07) is 7.99. The number of ether oxygens (including phenoxy) is 2. The van der Waals surface area contributed by atoms with Gasteiger partial charge in [0.15, 0.2) is 0 Å². The first kappa shape index (κ1) is 22.1. The van der Waals surface area contributed by atoms with Gasteiger partial charge in [0.2, 0.25) is 0 Å². The van der Waals surface area contributed by atoms with E-state index in [4.69, 9.17) is 11.6 Å². The van der Waals surface area contributed by atoms with Crippen molar-refractivity contribution in [2.24, 2.45) is 0 Å². The Labute approximate surface area is 170 Å². The molecule has 0 amide bonds. The SMILES string of the molecule is COC(=O)CN(c1ccc(Cl)c(C(=O)OC)c1)S(=O)(=O)c1cccc([N+](=O)[O-])c1. The van der Waals surface area contributed by atoms with Gasteiger partial charge >= 0.3 is 11.9 Å². The van der Waals surface area contributed by atoms with E-state index in [-0.39, 0.29) is 16.3 Å². The molecule has 0 aliphatic heterocycles. The number of sulfonamides is 1. The molecule has 0 N–H and O–H groups in total. The number of hydrogen-bond donors (Lipinski definition) is 0. The zero-order chi connectivity index (χ0) is 21.8. The Balaban J connectivity index is 2.65. The number of non-ortho nitro benzene ring substituents is 1. The summed E-state index contributed by atoms with van der Waals surface area (Å²) in [6.45, 7) is -0.746. The zero-order valence-corrected chi connectivity index (χ0v) is 16.8. The van der Waals surface area contributed by atoms with Gasteiger partial charge in [0.25, 0.3) is 15.7 Å². The van der Waals surface area contributed by atoms with E-state index in [0.717, 1.165) is 38.5 Å². The van der Waals surface area contributed by atoms with Gasteiger partial charge in [-0.1, -0.05) is 17.7 Å². The summed E-state index contributed by atoms with van der Waals surface area (Å²) >= 11 is 5.96. The second-order valence-electron chi connectivity index (χ2n) is 5.50. The van der Waals surface area contributed by atoms with E-state index < -0.39 is 44.0 Å². The molecule has 0 saturated carbocycles.